The minimum absolute atomic E-state index is 0.153. The van der Waals surface area contributed by atoms with Crippen molar-refractivity contribution in [1.29, 1.82) is 0 Å². The van der Waals surface area contributed by atoms with Gasteiger partial charge >= 0.3 is 5.97 Å². The number of rotatable bonds is 6. The molecule has 4 N–H and O–H groups in total. The van der Waals surface area contributed by atoms with Gasteiger partial charge in [0, 0.05) is 0 Å². The molecule has 0 aliphatic heterocycles. The van der Waals surface area contributed by atoms with Crippen molar-refractivity contribution < 1.29 is 14.7 Å². The van der Waals surface area contributed by atoms with Crippen molar-refractivity contribution in [3.63, 3.8) is 0 Å². The van der Waals surface area contributed by atoms with Crippen LogP contribution in [0.2, 0.25) is 0 Å². The number of hydrogen-bond donors (Lipinski definition) is 3. The van der Waals surface area contributed by atoms with Crippen LogP contribution >= 0.6 is 0 Å². The van der Waals surface area contributed by atoms with Crippen molar-refractivity contribution in [3.05, 3.63) is 0 Å². The fourth-order valence-electron chi connectivity index (χ4n) is 1.22. The van der Waals surface area contributed by atoms with Gasteiger partial charge in [0.1, 0.15) is 6.04 Å². The number of amides is 1. The Kier molecular flexibility index (Phi) is 5.93. The number of aliphatic carboxylic acids is 1. The Labute approximate surface area is 90.0 Å². The van der Waals surface area contributed by atoms with Crippen molar-refractivity contribution in [1.82, 2.24) is 5.32 Å². The molecule has 5 nitrogen and oxygen atoms in total. The van der Waals surface area contributed by atoms with Gasteiger partial charge in [0.2, 0.25) is 5.91 Å². The Bertz CT molecular complexity index is 229. The van der Waals surface area contributed by atoms with Crippen molar-refractivity contribution in [2.75, 3.05) is 0 Å². The van der Waals surface area contributed by atoms with Crippen molar-refractivity contribution in [2.24, 2.45) is 11.7 Å². The summed E-state index contributed by atoms with van der Waals surface area (Å²) >= 11 is 0. The van der Waals surface area contributed by atoms with E-state index in [1.807, 2.05) is 6.92 Å². The van der Waals surface area contributed by atoms with Gasteiger partial charge in [-0.1, -0.05) is 27.2 Å². The molecule has 15 heavy (non-hydrogen) atoms. The Balaban J connectivity index is 4.29. The lowest BCUT2D eigenvalue weighted by Crippen LogP contribution is -2.50. The molecule has 0 rings (SSSR count). The summed E-state index contributed by atoms with van der Waals surface area (Å²) in [5.41, 5.74) is 5.57. The lowest BCUT2D eigenvalue weighted by molar-refractivity contribution is -0.143. The summed E-state index contributed by atoms with van der Waals surface area (Å²) in [4.78, 5) is 22.3. The maximum Gasteiger partial charge on any atom is 0.326 e. The molecule has 0 radical (unpaired) electrons. The van der Waals surface area contributed by atoms with Gasteiger partial charge in [-0.25, -0.2) is 4.79 Å². The number of hydrogen-bond acceptors (Lipinski definition) is 3. The molecule has 0 spiro atoms. The van der Waals surface area contributed by atoms with Gasteiger partial charge in [0.25, 0.3) is 0 Å². The summed E-state index contributed by atoms with van der Waals surface area (Å²) in [7, 11) is 0. The highest BCUT2D eigenvalue weighted by Crippen LogP contribution is 2.03. The van der Waals surface area contributed by atoms with E-state index in [1.165, 1.54) is 0 Å². The second-order valence-electron chi connectivity index (χ2n) is 3.96. The summed E-state index contributed by atoms with van der Waals surface area (Å²) in [6, 6.07) is -1.48. The van der Waals surface area contributed by atoms with E-state index in [4.69, 9.17) is 10.8 Å². The molecular formula is C10H20N2O3. The largest absolute Gasteiger partial charge is 0.480 e. The number of carbonyl (C=O) groups excluding carboxylic acids is 1. The molecule has 0 saturated carbocycles. The van der Waals surface area contributed by atoms with Crippen molar-refractivity contribution in [3.8, 4) is 0 Å². The van der Waals surface area contributed by atoms with Crippen LogP contribution in [0.25, 0.3) is 0 Å². The normalized spacial score (nSPS) is 14.7. The zero-order chi connectivity index (χ0) is 12.0. The lowest BCUT2D eigenvalue weighted by atomic mass is 10.0. The zero-order valence-corrected chi connectivity index (χ0v) is 9.49. The Hall–Kier alpha value is -1.10. The standard InChI is InChI=1S/C10H20N2O3/c1-4-5-7(11)9(13)12-8(6(2)3)10(14)15/h6-8H,4-5,11H2,1-3H3,(H,12,13)(H,14,15)/t7?,8-/m1/s1. The maximum absolute atomic E-state index is 11.5. The van der Waals surface area contributed by atoms with Crippen LogP contribution in [0.15, 0.2) is 0 Å². The summed E-state index contributed by atoms with van der Waals surface area (Å²) in [5, 5.41) is 11.3. The van der Waals surface area contributed by atoms with E-state index >= 15 is 0 Å². The topological polar surface area (TPSA) is 92.4 Å². The van der Waals surface area contributed by atoms with Gasteiger partial charge < -0.3 is 16.2 Å². The predicted octanol–water partition coefficient (Wildman–Crippen LogP) is 0.339. The second kappa shape index (κ2) is 6.40. The van der Waals surface area contributed by atoms with Gasteiger partial charge in [-0.2, -0.15) is 0 Å². The van der Waals surface area contributed by atoms with E-state index in [-0.39, 0.29) is 5.92 Å². The summed E-state index contributed by atoms with van der Waals surface area (Å²) in [6.45, 7) is 5.40. The molecule has 0 bridgehead atoms. The highest BCUT2D eigenvalue weighted by molar-refractivity contribution is 5.86. The molecule has 1 amide bonds. The van der Waals surface area contributed by atoms with Crippen LogP contribution in [0.1, 0.15) is 33.6 Å². The number of carboxylic acid groups (broad SMARTS) is 1. The number of nitrogens with one attached hydrogen (secondary N) is 1. The van der Waals surface area contributed by atoms with E-state index in [2.05, 4.69) is 5.32 Å². The van der Waals surface area contributed by atoms with Crippen molar-refractivity contribution >= 4 is 11.9 Å². The van der Waals surface area contributed by atoms with Crippen LogP contribution in [0.5, 0.6) is 0 Å². The van der Waals surface area contributed by atoms with Crippen LogP contribution < -0.4 is 11.1 Å². The number of carbonyl (C=O) groups is 2. The first-order valence-electron chi connectivity index (χ1n) is 5.18. The third kappa shape index (κ3) is 4.78. The fraction of sp³-hybridized carbons (Fsp3) is 0.800. The van der Waals surface area contributed by atoms with E-state index in [9.17, 15) is 9.59 Å². The minimum atomic E-state index is -1.03. The van der Waals surface area contributed by atoms with Gasteiger partial charge in [0.15, 0.2) is 0 Å². The van der Waals surface area contributed by atoms with Crippen molar-refractivity contribution in [2.45, 2.75) is 45.7 Å². The number of carboxylic acids is 1. The molecule has 0 aromatic carbocycles. The van der Waals surface area contributed by atoms with Crippen LogP contribution in [0.3, 0.4) is 0 Å². The molecule has 5 heteroatoms. The zero-order valence-electron chi connectivity index (χ0n) is 9.49. The first-order valence-corrected chi connectivity index (χ1v) is 5.18. The predicted molar refractivity (Wildman–Crippen MR) is 57.3 cm³/mol. The molecule has 88 valence electrons. The molecule has 2 atom stereocenters. The van der Waals surface area contributed by atoms with Crippen LogP contribution in [-0.2, 0) is 9.59 Å². The van der Waals surface area contributed by atoms with E-state index < -0.39 is 24.0 Å². The Morgan fingerprint density at radius 3 is 2.27 bits per heavy atom. The molecule has 0 aromatic heterocycles. The Morgan fingerprint density at radius 1 is 1.40 bits per heavy atom. The fourth-order valence-corrected chi connectivity index (χ4v) is 1.22. The van der Waals surface area contributed by atoms with Gasteiger partial charge in [-0.05, 0) is 12.3 Å². The van der Waals surface area contributed by atoms with Gasteiger partial charge in [0.05, 0.1) is 6.04 Å². The maximum atomic E-state index is 11.5. The minimum Gasteiger partial charge on any atom is -0.480 e. The molecule has 0 heterocycles. The number of nitrogens with two attached hydrogens (primary N) is 1. The Morgan fingerprint density at radius 2 is 1.93 bits per heavy atom. The molecule has 0 aromatic rings. The smallest absolute Gasteiger partial charge is 0.326 e. The molecule has 0 fully saturated rings. The third-order valence-electron chi connectivity index (χ3n) is 2.17. The summed E-state index contributed by atoms with van der Waals surface area (Å²) in [5.74, 6) is -1.57. The third-order valence-corrected chi connectivity index (χ3v) is 2.17. The molecular weight excluding hydrogens is 196 g/mol. The quantitative estimate of drug-likeness (QED) is 0.597. The average molecular weight is 216 g/mol. The highest BCUT2D eigenvalue weighted by Gasteiger charge is 2.25. The summed E-state index contributed by atoms with van der Waals surface area (Å²) in [6.07, 6.45) is 1.37. The van der Waals surface area contributed by atoms with E-state index in [0.717, 1.165) is 6.42 Å². The molecule has 0 aliphatic rings. The lowest BCUT2D eigenvalue weighted by Gasteiger charge is -2.20. The van der Waals surface area contributed by atoms with E-state index in [0.29, 0.717) is 6.42 Å². The highest BCUT2D eigenvalue weighted by atomic mass is 16.4. The monoisotopic (exact) mass is 216 g/mol. The molecule has 0 saturated heterocycles. The van der Waals surface area contributed by atoms with Crippen LogP contribution in [0, 0.1) is 5.92 Å². The van der Waals surface area contributed by atoms with E-state index in [1.54, 1.807) is 13.8 Å². The molecule has 0 aliphatic carbocycles. The van der Waals surface area contributed by atoms with Gasteiger partial charge in [-0.3, -0.25) is 4.79 Å². The second-order valence-corrected chi connectivity index (χ2v) is 3.96. The first-order chi connectivity index (χ1) is 6.90. The first kappa shape index (κ1) is 13.9. The summed E-state index contributed by atoms with van der Waals surface area (Å²) < 4.78 is 0. The average Bonchev–Trinajstić information content (AvgIpc) is 2.12. The van der Waals surface area contributed by atoms with Crippen LogP contribution in [0.4, 0.5) is 0 Å². The SMILES string of the molecule is CCCC(N)C(=O)N[C@@H](C(=O)O)C(C)C. The van der Waals surface area contributed by atoms with Gasteiger partial charge in [-0.15, -0.1) is 0 Å². The van der Waals surface area contributed by atoms with Crippen LogP contribution in [-0.4, -0.2) is 29.1 Å². The molecule has 1 unspecified atom stereocenters.